The average molecular weight is 393 g/mol. The number of benzene rings is 2. The molecule has 1 N–H and O–H groups in total. The topological polar surface area (TPSA) is 49.4 Å². The minimum atomic E-state index is 0.0754. The maximum atomic E-state index is 13.4. The molecule has 1 heterocycles. The van der Waals surface area contributed by atoms with Crippen molar-refractivity contribution in [3.63, 3.8) is 0 Å². The van der Waals surface area contributed by atoms with Crippen LogP contribution in [0.15, 0.2) is 48.5 Å². The Balaban J connectivity index is 1.80. The van der Waals surface area contributed by atoms with E-state index in [2.05, 4.69) is 23.5 Å². The summed E-state index contributed by atoms with van der Waals surface area (Å²) in [5.74, 6) is 0.209. The number of nitrogens with one attached hydrogen (secondary N) is 1. The molecule has 154 valence electrons. The van der Waals surface area contributed by atoms with Gasteiger partial charge in [-0.25, -0.2) is 0 Å². The summed E-state index contributed by atoms with van der Waals surface area (Å²) < 4.78 is 0. The highest BCUT2D eigenvalue weighted by Gasteiger charge is 2.32. The van der Waals surface area contributed by atoms with Crippen molar-refractivity contribution in [1.29, 1.82) is 0 Å². The first-order valence-electron chi connectivity index (χ1n) is 10.7. The third-order valence-electron chi connectivity index (χ3n) is 5.60. The van der Waals surface area contributed by atoms with Crippen LogP contribution in [-0.4, -0.2) is 35.3 Å². The van der Waals surface area contributed by atoms with Gasteiger partial charge in [-0.15, -0.1) is 0 Å². The summed E-state index contributed by atoms with van der Waals surface area (Å²) in [7, 11) is 0. The van der Waals surface area contributed by atoms with Crippen molar-refractivity contribution in [1.82, 2.24) is 10.2 Å². The monoisotopic (exact) mass is 392 g/mol. The zero-order valence-electron chi connectivity index (χ0n) is 17.8. The number of aryl methyl sites for hydroxylation is 2. The van der Waals surface area contributed by atoms with Gasteiger partial charge in [0.2, 0.25) is 5.91 Å². The lowest BCUT2D eigenvalue weighted by Crippen LogP contribution is -2.52. The Morgan fingerprint density at radius 3 is 2.41 bits per heavy atom. The van der Waals surface area contributed by atoms with Gasteiger partial charge in [0, 0.05) is 30.6 Å². The Labute approximate surface area is 174 Å². The van der Waals surface area contributed by atoms with Crippen molar-refractivity contribution >= 4 is 11.8 Å². The summed E-state index contributed by atoms with van der Waals surface area (Å²) in [6.45, 7) is 6.74. The molecule has 0 bridgehead atoms. The van der Waals surface area contributed by atoms with Crippen molar-refractivity contribution in [2.45, 2.75) is 65.0 Å². The lowest BCUT2D eigenvalue weighted by Gasteiger charge is -2.40. The molecule has 1 aliphatic heterocycles. The van der Waals surface area contributed by atoms with E-state index in [9.17, 15) is 9.59 Å². The number of piperidine rings is 1. The molecule has 2 amide bonds. The molecule has 0 aromatic heterocycles. The fourth-order valence-corrected chi connectivity index (χ4v) is 4.32. The Bertz CT molecular complexity index is 827. The molecule has 2 unspecified atom stereocenters. The molecule has 4 heteroatoms. The van der Waals surface area contributed by atoms with E-state index in [-0.39, 0.29) is 23.9 Å². The Hall–Kier alpha value is -2.62. The van der Waals surface area contributed by atoms with Crippen LogP contribution in [0.3, 0.4) is 0 Å². The van der Waals surface area contributed by atoms with Crippen molar-refractivity contribution in [3.8, 4) is 0 Å². The van der Waals surface area contributed by atoms with Crippen LogP contribution >= 0.6 is 0 Å². The van der Waals surface area contributed by atoms with Gasteiger partial charge in [-0.3, -0.25) is 9.59 Å². The largest absolute Gasteiger partial charge is 0.353 e. The molecule has 0 saturated carbocycles. The first kappa shape index (κ1) is 21.1. The van der Waals surface area contributed by atoms with Crippen molar-refractivity contribution in [2.24, 2.45) is 0 Å². The van der Waals surface area contributed by atoms with E-state index in [0.717, 1.165) is 42.4 Å². The number of carbonyl (C=O) groups excluding carboxylic acids is 2. The second-order valence-corrected chi connectivity index (χ2v) is 8.26. The highest BCUT2D eigenvalue weighted by Crippen LogP contribution is 2.24. The molecule has 0 spiro atoms. The van der Waals surface area contributed by atoms with Gasteiger partial charge < -0.3 is 10.2 Å². The standard InChI is InChI=1S/C25H32N2O2/c1-4-8-24(28)26-22-11-12-27(23(17-22)16-20-9-6-5-7-10-20)25(29)21-14-18(2)13-19(3)15-21/h5-7,9-10,13-15,22-23H,4,8,11-12,16-17H2,1-3H3,(H,26,28). The Kier molecular flexibility index (Phi) is 7.08. The van der Waals surface area contributed by atoms with E-state index in [1.807, 2.05) is 56.0 Å². The van der Waals surface area contributed by atoms with Crippen LogP contribution in [0.2, 0.25) is 0 Å². The number of hydrogen-bond donors (Lipinski definition) is 1. The van der Waals surface area contributed by atoms with E-state index in [4.69, 9.17) is 0 Å². The number of amides is 2. The second-order valence-electron chi connectivity index (χ2n) is 8.26. The molecule has 1 aliphatic rings. The first-order chi connectivity index (χ1) is 14.0. The maximum Gasteiger partial charge on any atom is 0.254 e. The van der Waals surface area contributed by atoms with Crippen LogP contribution in [-0.2, 0) is 11.2 Å². The number of carbonyl (C=O) groups is 2. The van der Waals surface area contributed by atoms with Gasteiger partial charge in [-0.2, -0.15) is 0 Å². The lowest BCUT2D eigenvalue weighted by atomic mass is 9.91. The van der Waals surface area contributed by atoms with Crippen molar-refractivity contribution in [2.75, 3.05) is 6.54 Å². The molecule has 3 rings (SSSR count). The molecule has 0 aliphatic carbocycles. The number of nitrogens with zero attached hydrogens (tertiary/aromatic N) is 1. The normalized spacial score (nSPS) is 19.1. The molecule has 29 heavy (non-hydrogen) atoms. The van der Waals surface area contributed by atoms with Crippen LogP contribution in [0.1, 0.15) is 59.7 Å². The molecular formula is C25H32N2O2. The van der Waals surface area contributed by atoms with Gasteiger partial charge in [0.1, 0.15) is 0 Å². The molecule has 2 aromatic rings. The van der Waals surface area contributed by atoms with Crippen molar-refractivity contribution < 1.29 is 9.59 Å². The predicted octanol–water partition coefficient (Wildman–Crippen LogP) is 4.44. The van der Waals surface area contributed by atoms with Gasteiger partial charge >= 0.3 is 0 Å². The van der Waals surface area contributed by atoms with Gasteiger partial charge in [0.25, 0.3) is 5.91 Å². The van der Waals surface area contributed by atoms with Gasteiger partial charge in [0.05, 0.1) is 0 Å². The summed E-state index contributed by atoms with van der Waals surface area (Å²) in [5.41, 5.74) is 4.19. The third kappa shape index (κ3) is 5.69. The molecule has 1 fully saturated rings. The minimum Gasteiger partial charge on any atom is -0.353 e. The Morgan fingerprint density at radius 2 is 1.76 bits per heavy atom. The summed E-state index contributed by atoms with van der Waals surface area (Å²) in [4.78, 5) is 27.5. The SMILES string of the molecule is CCCC(=O)NC1CCN(C(=O)c2cc(C)cc(C)c2)C(Cc2ccccc2)C1. The summed E-state index contributed by atoms with van der Waals surface area (Å²) in [6.07, 6.45) is 3.81. The zero-order chi connectivity index (χ0) is 20.8. The molecule has 2 aromatic carbocycles. The third-order valence-corrected chi connectivity index (χ3v) is 5.60. The van der Waals surface area contributed by atoms with E-state index in [1.165, 1.54) is 5.56 Å². The summed E-state index contributed by atoms with van der Waals surface area (Å²) in [5, 5.41) is 3.18. The number of rotatable bonds is 6. The van der Waals surface area contributed by atoms with Crippen LogP contribution in [0.4, 0.5) is 0 Å². The van der Waals surface area contributed by atoms with E-state index >= 15 is 0 Å². The molecular weight excluding hydrogens is 360 g/mol. The number of likely N-dealkylation sites (tertiary alicyclic amines) is 1. The van der Waals surface area contributed by atoms with Gasteiger partial charge in [0.15, 0.2) is 0 Å². The van der Waals surface area contributed by atoms with Crippen LogP contribution in [0.25, 0.3) is 0 Å². The first-order valence-corrected chi connectivity index (χ1v) is 10.7. The maximum absolute atomic E-state index is 13.4. The van der Waals surface area contributed by atoms with Crippen LogP contribution < -0.4 is 5.32 Å². The average Bonchev–Trinajstić information content (AvgIpc) is 2.68. The van der Waals surface area contributed by atoms with Gasteiger partial charge in [-0.1, -0.05) is 54.4 Å². The highest BCUT2D eigenvalue weighted by molar-refractivity contribution is 5.95. The van der Waals surface area contributed by atoms with Crippen molar-refractivity contribution in [3.05, 3.63) is 70.8 Å². The molecule has 4 nitrogen and oxygen atoms in total. The minimum absolute atomic E-state index is 0.0754. The molecule has 1 saturated heterocycles. The molecule has 2 atom stereocenters. The Morgan fingerprint density at radius 1 is 1.07 bits per heavy atom. The van der Waals surface area contributed by atoms with E-state index < -0.39 is 0 Å². The quantitative estimate of drug-likeness (QED) is 0.790. The van der Waals surface area contributed by atoms with Crippen LogP contribution in [0, 0.1) is 13.8 Å². The second kappa shape index (κ2) is 9.73. The number of hydrogen-bond acceptors (Lipinski definition) is 2. The summed E-state index contributed by atoms with van der Waals surface area (Å²) >= 11 is 0. The zero-order valence-corrected chi connectivity index (χ0v) is 17.8. The fraction of sp³-hybridized carbons (Fsp3) is 0.440. The highest BCUT2D eigenvalue weighted by atomic mass is 16.2. The van der Waals surface area contributed by atoms with Crippen LogP contribution in [0.5, 0.6) is 0 Å². The summed E-state index contributed by atoms with van der Waals surface area (Å²) in [6, 6.07) is 16.6. The fourth-order valence-electron chi connectivity index (χ4n) is 4.32. The molecule has 0 radical (unpaired) electrons. The lowest BCUT2D eigenvalue weighted by molar-refractivity contribution is -0.122. The predicted molar refractivity (Wildman–Crippen MR) is 117 cm³/mol. The van der Waals surface area contributed by atoms with E-state index in [1.54, 1.807) is 0 Å². The van der Waals surface area contributed by atoms with E-state index in [0.29, 0.717) is 13.0 Å². The van der Waals surface area contributed by atoms with Gasteiger partial charge in [-0.05, 0) is 57.2 Å². The smallest absolute Gasteiger partial charge is 0.254 e.